The maximum atomic E-state index is 11.6. The van der Waals surface area contributed by atoms with Gasteiger partial charge in [0.2, 0.25) is 0 Å². The van der Waals surface area contributed by atoms with Crippen molar-refractivity contribution >= 4 is 29.8 Å². The Balaban J connectivity index is 2.81. The number of carboxylic acids is 3. The van der Waals surface area contributed by atoms with Crippen LogP contribution in [0, 0.1) is 17.2 Å². The van der Waals surface area contributed by atoms with Gasteiger partial charge in [-0.1, -0.05) is 0 Å². The van der Waals surface area contributed by atoms with E-state index in [1.54, 1.807) is 6.92 Å². The minimum atomic E-state index is -1.58. The molecule has 9 nitrogen and oxygen atoms in total. The molecule has 1 aromatic rings. The van der Waals surface area contributed by atoms with E-state index < -0.39 is 46.2 Å². The fraction of sp³-hybridized carbons (Fsp3) is 0.250. The van der Waals surface area contributed by atoms with Crippen LogP contribution in [-0.2, 0) is 5.66 Å². The number of aromatic carboxylic acids is 3. The Kier molecular flexibility index (Phi) is 4.39. The molecule has 25 heavy (non-hydrogen) atoms. The quantitative estimate of drug-likeness (QED) is 0.732. The van der Waals surface area contributed by atoms with Crippen LogP contribution in [0.25, 0.3) is 0 Å². The van der Waals surface area contributed by atoms with Gasteiger partial charge in [-0.3, -0.25) is 9.98 Å². The van der Waals surface area contributed by atoms with Gasteiger partial charge in [0.15, 0.2) is 5.66 Å². The number of rotatable bonds is 5. The lowest BCUT2D eigenvalue weighted by Gasteiger charge is -2.22. The molecule has 0 aromatic heterocycles. The molecule has 0 fully saturated rings. The minimum Gasteiger partial charge on any atom is -0.478 e. The Morgan fingerprint density at radius 1 is 1.16 bits per heavy atom. The van der Waals surface area contributed by atoms with Crippen LogP contribution in [0.1, 0.15) is 50.5 Å². The molecule has 1 aromatic carbocycles. The van der Waals surface area contributed by atoms with Crippen LogP contribution in [0.5, 0.6) is 0 Å². The third kappa shape index (κ3) is 3.10. The van der Waals surface area contributed by atoms with Crippen molar-refractivity contribution in [3.8, 4) is 6.07 Å². The number of nitrogens with zero attached hydrogens (tertiary/aromatic N) is 3. The van der Waals surface area contributed by atoms with E-state index in [2.05, 4.69) is 9.98 Å². The second kappa shape index (κ2) is 6.16. The maximum Gasteiger partial charge on any atom is 0.337 e. The van der Waals surface area contributed by atoms with Crippen molar-refractivity contribution in [3.05, 3.63) is 34.4 Å². The summed E-state index contributed by atoms with van der Waals surface area (Å²) >= 11 is 0. The molecule has 0 saturated carbocycles. The van der Waals surface area contributed by atoms with Crippen molar-refractivity contribution in [2.24, 2.45) is 15.9 Å². The van der Waals surface area contributed by atoms with Gasteiger partial charge in [0.05, 0.1) is 34.4 Å². The molecular formula is C16H13N3O6. The van der Waals surface area contributed by atoms with Gasteiger partial charge < -0.3 is 15.3 Å². The van der Waals surface area contributed by atoms with E-state index in [1.807, 2.05) is 6.07 Å². The van der Waals surface area contributed by atoms with Crippen molar-refractivity contribution in [3.63, 3.8) is 0 Å². The summed E-state index contributed by atoms with van der Waals surface area (Å²) in [7, 11) is 0. The molecule has 3 N–H and O–H groups in total. The van der Waals surface area contributed by atoms with E-state index in [0.717, 1.165) is 12.1 Å². The predicted molar refractivity (Wildman–Crippen MR) is 85.4 cm³/mol. The minimum absolute atomic E-state index is 0.173. The Morgan fingerprint density at radius 3 is 2.28 bits per heavy atom. The van der Waals surface area contributed by atoms with Gasteiger partial charge in [-0.15, -0.1) is 0 Å². The summed E-state index contributed by atoms with van der Waals surface area (Å²) in [6.45, 7) is 2.99. The number of benzene rings is 1. The van der Waals surface area contributed by atoms with E-state index in [1.165, 1.54) is 13.1 Å². The van der Waals surface area contributed by atoms with E-state index in [9.17, 15) is 29.7 Å². The molecule has 1 aliphatic heterocycles. The zero-order chi connectivity index (χ0) is 18.9. The average molecular weight is 343 g/mol. The number of nitriles is 1. The highest BCUT2D eigenvalue weighted by molar-refractivity contribution is 6.33. The first kappa shape index (κ1) is 17.8. The molecular weight excluding hydrogens is 330 g/mol. The van der Waals surface area contributed by atoms with E-state index in [-0.39, 0.29) is 5.56 Å². The lowest BCUT2D eigenvalue weighted by Crippen LogP contribution is -2.23. The summed E-state index contributed by atoms with van der Waals surface area (Å²) in [6.07, 6.45) is 1.30. The third-order valence-corrected chi connectivity index (χ3v) is 3.77. The topological polar surface area (TPSA) is 160 Å². The molecule has 1 aliphatic rings. The van der Waals surface area contributed by atoms with Crippen molar-refractivity contribution in [1.82, 2.24) is 0 Å². The maximum absolute atomic E-state index is 11.6. The molecule has 2 unspecified atom stereocenters. The second-order valence-corrected chi connectivity index (χ2v) is 5.53. The SMILES string of the molecule is CC(C#N)C1=NC(C)(c2cc(C(=O)O)cc(C(=O)O)c2C(=O)O)N=C1. The average Bonchev–Trinajstić information content (AvgIpc) is 2.96. The molecule has 128 valence electrons. The summed E-state index contributed by atoms with van der Waals surface area (Å²) in [6, 6.07) is 3.79. The van der Waals surface area contributed by atoms with Crippen LogP contribution in [0.15, 0.2) is 22.1 Å². The van der Waals surface area contributed by atoms with Crippen LogP contribution in [0.2, 0.25) is 0 Å². The molecule has 0 radical (unpaired) electrons. The summed E-state index contributed by atoms with van der Waals surface area (Å²) < 4.78 is 0. The van der Waals surface area contributed by atoms with Gasteiger partial charge in [0.25, 0.3) is 0 Å². The third-order valence-electron chi connectivity index (χ3n) is 3.77. The number of hydrogen-bond donors (Lipinski definition) is 3. The molecule has 0 spiro atoms. The molecule has 1 heterocycles. The van der Waals surface area contributed by atoms with Crippen LogP contribution < -0.4 is 0 Å². The van der Waals surface area contributed by atoms with E-state index in [0.29, 0.717) is 5.71 Å². The molecule has 0 bridgehead atoms. The first-order chi connectivity index (χ1) is 11.6. The van der Waals surface area contributed by atoms with Crippen LogP contribution in [0.4, 0.5) is 0 Å². The highest BCUT2D eigenvalue weighted by Gasteiger charge is 2.37. The van der Waals surface area contributed by atoms with Gasteiger partial charge in [0.1, 0.15) is 0 Å². The highest BCUT2D eigenvalue weighted by atomic mass is 16.4. The zero-order valence-electron chi connectivity index (χ0n) is 13.2. The monoisotopic (exact) mass is 343 g/mol. The zero-order valence-corrected chi connectivity index (χ0v) is 13.2. The van der Waals surface area contributed by atoms with Crippen LogP contribution in [0.3, 0.4) is 0 Å². The van der Waals surface area contributed by atoms with Gasteiger partial charge in [0, 0.05) is 11.8 Å². The number of carbonyl (C=O) groups is 3. The summed E-state index contributed by atoms with van der Waals surface area (Å²) in [5.74, 6) is -5.15. The standard InChI is InChI=1S/C16H13N3O6/c1-7(5-17)11-6-18-16(2,19-11)10-4-8(13(20)21)3-9(14(22)23)12(10)15(24)25/h3-4,6-7H,1-2H3,(H,20,21)(H,22,23)(H,24,25). The molecule has 0 aliphatic carbocycles. The van der Waals surface area contributed by atoms with Crippen LogP contribution in [-0.4, -0.2) is 45.2 Å². The van der Waals surface area contributed by atoms with E-state index >= 15 is 0 Å². The molecule has 9 heteroatoms. The summed E-state index contributed by atoms with van der Waals surface area (Å²) in [5.41, 5.74) is -3.08. The van der Waals surface area contributed by atoms with Crippen molar-refractivity contribution in [2.75, 3.05) is 0 Å². The van der Waals surface area contributed by atoms with Gasteiger partial charge in [-0.05, 0) is 26.0 Å². The lowest BCUT2D eigenvalue weighted by molar-refractivity contribution is 0.0646. The number of carboxylic acid groups (broad SMARTS) is 3. The molecule has 2 rings (SSSR count). The van der Waals surface area contributed by atoms with Gasteiger partial charge in [-0.2, -0.15) is 5.26 Å². The normalized spacial score (nSPS) is 19.8. The largest absolute Gasteiger partial charge is 0.478 e. The fourth-order valence-electron chi connectivity index (χ4n) is 2.44. The van der Waals surface area contributed by atoms with Gasteiger partial charge >= 0.3 is 17.9 Å². The number of hydrogen-bond acceptors (Lipinski definition) is 6. The number of aliphatic imine (C=N–C) groups is 2. The Labute approximate surface area is 141 Å². The Morgan fingerprint density at radius 2 is 1.80 bits per heavy atom. The van der Waals surface area contributed by atoms with Crippen molar-refractivity contribution in [1.29, 1.82) is 5.26 Å². The predicted octanol–water partition coefficient (Wildman–Crippen LogP) is 1.64. The first-order valence-electron chi connectivity index (χ1n) is 7.03. The molecule has 0 saturated heterocycles. The first-order valence-corrected chi connectivity index (χ1v) is 7.03. The van der Waals surface area contributed by atoms with Crippen molar-refractivity contribution in [2.45, 2.75) is 19.5 Å². The van der Waals surface area contributed by atoms with Gasteiger partial charge in [-0.25, -0.2) is 14.4 Å². The highest BCUT2D eigenvalue weighted by Crippen LogP contribution is 2.35. The fourth-order valence-corrected chi connectivity index (χ4v) is 2.44. The summed E-state index contributed by atoms with van der Waals surface area (Å²) in [5, 5.41) is 36.9. The van der Waals surface area contributed by atoms with Crippen molar-refractivity contribution < 1.29 is 29.7 Å². The Hall–Kier alpha value is -3.54. The molecule has 2 atom stereocenters. The van der Waals surface area contributed by atoms with E-state index in [4.69, 9.17) is 5.26 Å². The van der Waals surface area contributed by atoms with Crippen LogP contribution >= 0.6 is 0 Å². The lowest BCUT2D eigenvalue weighted by atomic mass is 9.90. The Bertz CT molecular complexity index is 896. The molecule has 0 amide bonds. The second-order valence-electron chi connectivity index (χ2n) is 5.53. The smallest absolute Gasteiger partial charge is 0.337 e. The summed E-state index contributed by atoms with van der Waals surface area (Å²) in [4.78, 5) is 42.7.